The van der Waals surface area contributed by atoms with Gasteiger partial charge < -0.3 is 5.11 Å². The van der Waals surface area contributed by atoms with E-state index < -0.39 is 0 Å². The fourth-order valence-electron chi connectivity index (χ4n) is 0.942. The zero-order chi connectivity index (χ0) is 7.72. The largest absolute Gasteiger partial charge is 0.508 e. The Hall–Kier alpha value is 0.124. The minimum Gasteiger partial charge on any atom is -0.508 e. The molecule has 1 N–H and O–H groups in total. The summed E-state index contributed by atoms with van der Waals surface area (Å²) < 4.78 is 0. The van der Waals surface area contributed by atoms with E-state index in [0.717, 1.165) is 5.56 Å². The van der Waals surface area contributed by atoms with Gasteiger partial charge in [0.2, 0.25) is 0 Å². The molecule has 0 bridgehead atoms. The molecule has 1 aromatic rings. The van der Waals surface area contributed by atoms with Crippen LogP contribution >= 0.6 is 0 Å². The fourth-order valence-corrected chi connectivity index (χ4v) is 0.942. The van der Waals surface area contributed by atoms with Crippen LogP contribution in [0.15, 0.2) is 12.1 Å². The average molecular weight is 225 g/mol. The van der Waals surface area contributed by atoms with Crippen molar-refractivity contribution in [1.82, 2.24) is 0 Å². The summed E-state index contributed by atoms with van der Waals surface area (Å²) in [5.74, 6) is 0.392. The predicted octanol–water partition coefficient (Wildman–Crippen LogP) is 2.31. The summed E-state index contributed by atoms with van der Waals surface area (Å²) in [5, 5.41) is 9.22. The molecule has 1 nitrogen and oxygen atoms in total. The SMILES string of the molecule is Cc1ccc(O)c(C)c1C.[Y]. The second-order valence-corrected chi connectivity index (χ2v) is 2.65. The number of benzene rings is 1. The van der Waals surface area contributed by atoms with E-state index >= 15 is 0 Å². The molecule has 0 aliphatic rings. The molecular formula is C9H12OY. The van der Waals surface area contributed by atoms with E-state index in [1.165, 1.54) is 11.1 Å². The van der Waals surface area contributed by atoms with E-state index in [-0.39, 0.29) is 32.7 Å². The molecule has 0 heterocycles. The van der Waals surface area contributed by atoms with Crippen LogP contribution in [0.4, 0.5) is 0 Å². The molecule has 0 aromatic heterocycles. The minimum atomic E-state index is 0. The van der Waals surface area contributed by atoms with E-state index in [1.807, 2.05) is 26.8 Å². The molecule has 2 heteroatoms. The van der Waals surface area contributed by atoms with Gasteiger partial charge in [-0.25, -0.2) is 0 Å². The molecular weight excluding hydrogens is 213 g/mol. The van der Waals surface area contributed by atoms with E-state index in [1.54, 1.807) is 6.07 Å². The summed E-state index contributed by atoms with van der Waals surface area (Å²) in [5.41, 5.74) is 3.40. The monoisotopic (exact) mass is 225 g/mol. The quantitative estimate of drug-likeness (QED) is 0.718. The molecule has 0 saturated heterocycles. The van der Waals surface area contributed by atoms with E-state index in [2.05, 4.69) is 0 Å². The van der Waals surface area contributed by atoms with Crippen LogP contribution in [0, 0.1) is 20.8 Å². The first-order valence-electron chi connectivity index (χ1n) is 3.38. The third kappa shape index (κ3) is 2.28. The van der Waals surface area contributed by atoms with Crippen molar-refractivity contribution < 1.29 is 37.8 Å². The molecule has 0 aliphatic heterocycles. The number of phenols is 1. The van der Waals surface area contributed by atoms with Crippen LogP contribution in [0.2, 0.25) is 0 Å². The van der Waals surface area contributed by atoms with Gasteiger partial charge in [-0.3, -0.25) is 0 Å². The maximum atomic E-state index is 9.22. The zero-order valence-corrected chi connectivity index (χ0v) is 10.0. The van der Waals surface area contributed by atoms with Crippen LogP contribution in [0.5, 0.6) is 5.75 Å². The van der Waals surface area contributed by atoms with Crippen molar-refractivity contribution in [2.45, 2.75) is 20.8 Å². The van der Waals surface area contributed by atoms with Gasteiger partial charge in [0.15, 0.2) is 0 Å². The van der Waals surface area contributed by atoms with Gasteiger partial charge in [-0.15, -0.1) is 0 Å². The molecule has 1 radical (unpaired) electrons. The summed E-state index contributed by atoms with van der Waals surface area (Å²) in [6.45, 7) is 5.99. The number of phenolic OH excluding ortho intramolecular Hbond substituents is 1. The van der Waals surface area contributed by atoms with Crippen LogP contribution in [0.25, 0.3) is 0 Å². The number of hydrogen-bond donors (Lipinski definition) is 1. The van der Waals surface area contributed by atoms with Crippen molar-refractivity contribution in [3.8, 4) is 5.75 Å². The summed E-state index contributed by atoms with van der Waals surface area (Å²) in [7, 11) is 0. The number of hydrogen-bond acceptors (Lipinski definition) is 1. The molecule has 0 aliphatic carbocycles. The standard InChI is InChI=1S/C9H12O.Y/c1-6-4-5-9(10)8(3)7(6)2;/h4-5,10H,1-3H3;. The van der Waals surface area contributed by atoms with Crippen molar-refractivity contribution in [3.63, 3.8) is 0 Å². The molecule has 0 spiro atoms. The fraction of sp³-hybridized carbons (Fsp3) is 0.333. The first-order chi connectivity index (χ1) is 4.63. The molecule has 57 valence electrons. The van der Waals surface area contributed by atoms with E-state index in [4.69, 9.17) is 0 Å². The first-order valence-corrected chi connectivity index (χ1v) is 3.38. The number of aromatic hydroxyl groups is 1. The summed E-state index contributed by atoms with van der Waals surface area (Å²) >= 11 is 0. The molecule has 0 amide bonds. The van der Waals surface area contributed by atoms with Gasteiger partial charge in [0.05, 0.1) is 0 Å². The Morgan fingerprint density at radius 2 is 1.55 bits per heavy atom. The smallest absolute Gasteiger partial charge is 0.118 e. The molecule has 11 heavy (non-hydrogen) atoms. The van der Waals surface area contributed by atoms with Crippen LogP contribution < -0.4 is 0 Å². The Morgan fingerprint density at radius 3 is 2.00 bits per heavy atom. The van der Waals surface area contributed by atoms with Crippen molar-refractivity contribution >= 4 is 0 Å². The van der Waals surface area contributed by atoms with Crippen molar-refractivity contribution in [2.75, 3.05) is 0 Å². The maximum absolute atomic E-state index is 9.22. The molecule has 0 atom stereocenters. The second kappa shape index (κ2) is 4.22. The molecule has 1 rings (SSSR count). The van der Waals surface area contributed by atoms with Gasteiger partial charge in [-0.2, -0.15) is 0 Å². The van der Waals surface area contributed by atoms with Crippen LogP contribution in [0.3, 0.4) is 0 Å². The van der Waals surface area contributed by atoms with Crippen molar-refractivity contribution in [1.29, 1.82) is 0 Å². The average Bonchev–Trinajstić information content (AvgIpc) is 1.93. The van der Waals surface area contributed by atoms with Crippen molar-refractivity contribution in [2.24, 2.45) is 0 Å². The summed E-state index contributed by atoms with van der Waals surface area (Å²) in [6, 6.07) is 3.66. The van der Waals surface area contributed by atoms with Gasteiger partial charge in [0, 0.05) is 32.7 Å². The van der Waals surface area contributed by atoms with Gasteiger partial charge in [-0.1, -0.05) is 6.07 Å². The Kier molecular flexibility index (Phi) is 4.27. The number of aryl methyl sites for hydroxylation is 1. The van der Waals surface area contributed by atoms with Crippen LogP contribution in [0.1, 0.15) is 16.7 Å². The summed E-state index contributed by atoms with van der Waals surface area (Å²) in [6.07, 6.45) is 0. The molecule has 0 saturated carbocycles. The maximum Gasteiger partial charge on any atom is 0.118 e. The number of rotatable bonds is 0. The van der Waals surface area contributed by atoms with Crippen LogP contribution in [-0.4, -0.2) is 5.11 Å². The normalized spacial score (nSPS) is 9.00. The van der Waals surface area contributed by atoms with Gasteiger partial charge >= 0.3 is 0 Å². The first kappa shape index (κ1) is 11.1. The zero-order valence-electron chi connectivity index (χ0n) is 7.18. The van der Waals surface area contributed by atoms with Gasteiger partial charge in [0.1, 0.15) is 5.75 Å². The predicted molar refractivity (Wildman–Crippen MR) is 42.3 cm³/mol. The van der Waals surface area contributed by atoms with Gasteiger partial charge in [0.25, 0.3) is 0 Å². The van der Waals surface area contributed by atoms with Crippen LogP contribution in [-0.2, 0) is 32.7 Å². The third-order valence-electron chi connectivity index (χ3n) is 2.03. The van der Waals surface area contributed by atoms with Crippen molar-refractivity contribution in [3.05, 3.63) is 28.8 Å². The minimum absolute atomic E-state index is 0. The van der Waals surface area contributed by atoms with E-state index in [9.17, 15) is 5.11 Å². The molecule has 1 aromatic carbocycles. The molecule has 0 unspecified atom stereocenters. The van der Waals surface area contributed by atoms with Gasteiger partial charge in [-0.05, 0) is 43.5 Å². The molecule has 0 fully saturated rings. The Labute approximate surface area is 92.7 Å². The third-order valence-corrected chi connectivity index (χ3v) is 2.03. The van der Waals surface area contributed by atoms with E-state index in [0.29, 0.717) is 5.75 Å². The Bertz CT molecular complexity index is 229. The Morgan fingerprint density at radius 1 is 1.00 bits per heavy atom. The summed E-state index contributed by atoms with van der Waals surface area (Å²) in [4.78, 5) is 0. The Balaban J connectivity index is 0.000001000. The second-order valence-electron chi connectivity index (χ2n) is 2.65. The topological polar surface area (TPSA) is 20.2 Å².